The number of pyridine rings is 1. The van der Waals surface area contributed by atoms with Crippen molar-refractivity contribution >= 4 is 17.5 Å². The van der Waals surface area contributed by atoms with Crippen molar-refractivity contribution in [1.29, 1.82) is 0 Å². The Morgan fingerprint density at radius 2 is 2.10 bits per heavy atom. The van der Waals surface area contributed by atoms with E-state index < -0.39 is 11.9 Å². The number of methoxy groups -OCH3 is 1. The van der Waals surface area contributed by atoms with Gasteiger partial charge in [-0.2, -0.15) is 0 Å². The first kappa shape index (κ1) is 22.9. The van der Waals surface area contributed by atoms with Gasteiger partial charge in [-0.1, -0.05) is 17.7 Å². The fourth-order valence-corrected chi connectivity index (χ4v) is 3.27. The molecule has 0 saturated carbocycles. The molecule has 9 heteroatoms. The topological polar surface area (TPSA) is 89.3 Å². The molecule has 31 heavy (non-hydrogen) atoms. The summed E-state index contributed by atoms with van der Waals surface area (Å²) < 4.78 is 20.3. The third-order valence-corrected chi connectivity index (χ3v) is 5.17. The minimum Gasteiger partial charge on any atom is -0.394 e. The number of hydrogen-bond donors (Lipinski definition) is 2. The molecule has 0 unspecified atom stereocenters. The fraction of sp³-hybridized carbons (Fsp3) is 0.318. The van der Waals surface area contributed by atoms with Crippen molar-refractivity contribution in [2.24, 2.45) is 0 Å². The maximum atomic E-state index is 13.8. The van der Waals surface area contributed by atoms with Crippen LogP contribution in [0.1, 0.15) is 24.9 Å². The van der Waals surface area contributed by atoms with Crippen LogP contribution in [0.4, 0.5) is 10.3 Å². The van der Waals surface area contributed by atoms with Gasteiger partial charge < -0.3 is 19.7 Å². The van der Waals surface area contributed by atoms with Crippen molar-refractivity contribution in [3.63, 3.8) is 0 Å². The highest BCUT2D eigenvalue weighted by Crippen LogP contribution is 2.23. The van der Waals surface area contributed by atoms with Gasteiger partial charge in [0.1, 0.15) is 5.82 Å². The Labute approximate surface area is 184 Å². The van der Waals surface area contributed by atoms with E-state index in [9.17, 15) is 14.3 Å². The molecule has 2 atom stereocenters. The summed E-state index contributed by atoms with van der Waals surface area (Å²) in [5.74, 6) is -0.154. The lowest BCUT2D eigenvalue weighted by atomic mass is 10.1. The lowest BCUT2D eigenvalue weighted by molar-refractivity contribution is 0.191. The Morgan fingerprint density at radius 1 is 1.29 bits per heavy atom. The Kier molecular flexibility index (Phi) is 7.73. The quantitative estimate of drug-likeness (QED) is 0.522. The zero-order valence-electron chi connectivity index (χ0n) is 17.3. The fourth-order valence-electron chi connectivity index (χ4n) is 3.16. The Bertz CT molecular complexity index is 1090. The summed E-state index contributed by atoms with van der Waals surface area (Å²) in [6, 6.07) is 8.44. The number of nitrogens with one attached hydrogen (secondary N) is 1. The van der Waals surface area contributed by atoms with Gasteiger partial charge >= 0.3 is 0 Å². The van der Waals surface area contributed by atoms with Gasteiger partial charge in [-0.3, -0.25) is 4.79 Å². The lowest BCUT2D eigenvalue weighted by Crippen LogP contribution is -2.27. The van der Waals surface area contributed by atoms with E-state index in [2.05, 4.69) is 15.3 Å². The molecule has 0 aliphatic rings. The van der Waals surface area contributed by atoms with Crippen molar-refractivity contribution in [3.8, 4) is 11.3 Å². The molecule has 2 aromatic heterocycles. The molecular weight excluding hydrogens is 423 g/mol. The van der Waals surface area contributed by atoms with Gasteiger partial charge in [0, 0.05) is 43.8 Å². The van der Waals surface area contributed by atoms with Crippen LogP contribution in [0.15, 0.2) is 53.6 Å². The van der Waals surface area contributed by atoms with E-state index in [4.69, 9.17) is 16.3 Å². The van der Waals surface area contributed by atoms with Crippen LogP contribution >= 0.6 is 11.6 Å². The smallest absolute Gasteiger partial charge is 0.251 e. The van der Waals surface area contributed by atoms with Crippen LogP contribution < -0.4 is 10.9 Å². The van der Waals surface area contributed by atoms with E-state index >= 15 is 0 Å². The minimum absolute atomic E-state index is 0.0205. The summed E-state index contributed by atoms with van der Waals surface area (Å²) in [5, 5.41) is 13.0. The number of rotatable bonds is 9. The van der Waals surface area contributed by atoms with Gasteiger partial charge in [0.2, 0.25) is 5.95 Å². The summed E-state index contributed by atoms with van der Waals surface area (Å²) in [6.45, 7) is 2.25. The molecule has 0 aliphatic carbocycles. The van der Waals surface area contributed by atoms with Crippen LogP contribution in [0.5, 0.6) is 0 Å². The Hall–Kier alpha value is -2.81. The Balaban J connectivity index is 1.85. The minimum atomic E-state index is -0.738. The summed E-state index contributed by atoms with van der Waals surface area (Å²) in [4.78, 5) is 21.5. The third-order valence-electron chi connectivity index (χ3n) is 4.87. The Morgan fingerprint density at radius 3 is 2.77 bits per heavy atom. The second-order valence-electron chi connectivity index (χ2n) is 7.13. The maximum Gasteiger partial charge on any atom is 0.251 e. The second-order valence-corrected chi connectivity index (χ2v) is 7.53. The number of aliphatic hydroxyl groups is 1. The molecule has 0 fully saturated rings. The molecule has 0 saturated heterocycles. The number of halogens is 2. The highest BCUT2D eigenvalue weighted by Gasteiger charge is 2.16. The van der Waals surface area contributed by atoms with Crippen molar-refractivity contribution < 1.29 is 14.2 Å². The SMILES string of the molecule is COCC[C@H](C)Nc1nccc(-c2ccn([C@H](CO)c3ccc(Cl)c(F)c3)c(=O)c2)n1. The van der Waals surface area contributed by atoms with Crippen LogP contribution in [-0.2, 0) is 4.74 Å². The monoisotopic (exact) mass is 446 g/mol. The van der Waals surface area contributed by atoms with Crippen molar-refractivity contribution in [2.75, 3.05) is 25.6 Å². The van der Waals surface area contributed by atoms with E-state index in [1.54, 1.807) is 37.7 Å². The molecule has 0 amide bonds. The predicted molar refractivity (Wildman–Crippen MR) is 118 cm³/mol. The molecule has 2 heterocycles. The molecule has 3 rings (SSSR count). The van der Waals surface area contributed by atoms with Crippen molar-refractivity contribution in [3.05, 3.63) is 75.5 Å². The summed E-state index contributed by atoms with van der Waals surface area (Å²) in [6.07, 6.45) is 3.97. The summed E-state index contributed by atoms with van der Waals surface area (Å²) >= 11 is 5.73. The molecule has 7 nitrogen and oxygen atoms in total. The number of benzene rings is 1. The molecule has 0 bridgehead atoms. The largest absolute Gasteiger partial charge is 0.394 e. The first-order chi connectivity index (χ1) is 14.9. The predicted octanol–water partition coefficient (Wildman–Crippen LogP) is 3.52. The number of ether oxygens (including phenoxy) is 1. The van der Waals surface area contributed by atoms with Crippen LogP contribution in [-0.4, -0.2) is 46.0 Å². The van der Waals surface area contributed by atoms with E-state index in [0.717, 1.165) is 6.42 Å². The van der Waals surface area contributed by atoms with Crippen LogP contribution in [0, 0.1) is 5.82 Å². The highest BCUT2D eigenvalue weighted by atomic mass is 35.5. The zero-order valence-corrected chi connectivity index (χ0v) is 18.0. The highest BCUT2D eigenvalue weighted by molar-refractivity contribution is 6.30. The molecule has 0 aliphatic heterocycles. The van der Waals surface area contributed by atoms with Crippen molar-refractivity contribution in [1.82, 2.24) is 14.5 Å². The first-order valence-corrected chi connectivity index (χ1v) is 10.2. The number of nitrogens with zero attached hydrogens (tertiary/aromatic N) is 3. The molecule has 0 spiro atoms. The van der Waals surface area contributed by atoms with Gasteiger partial charge in [0.15, 0.2) is 0 Å². The van der Waals surface area contributed by atoms with E-state index in [1.807, 2.05) is 6.92 Å². The van der Waals surface area contributed by atoms with Gasteiger partial charge in [-0.25, -0.2) is 14.4 Å². The van der Waals surface area contributed by atoms with Crippen LogP contribution in [0.25, 0.3) is 11.3 Å². The number of anilines is 1. The number of aliphatic hydroxyl groups excluding tert-OH is 1. The van der Waals surface area contributed by atoms with E-state index in [0.29, 0.717) is 29.4 Å². The molecular formula is C22H24ClFN4O3. The first-order valence-electron chi connectivity index (χ1n) is 9.79. The van der Waals surface area contributed by atoms with Gasteiger partial charge in [-0.05, 0) is 43.2 Å². The lowest BCUT2D eigenvalue weighted by Gasteiger charge is -2.19. The molecule has 164 valence electrons. The standard InChI is InChI=1S/C22H24ClFN4O3/c1-14(7-10-31-2)26-22-25-8-5-19(27-22)15-6-9-28(21(30)12-15)20(13-29)16-3-4-17(23)18(24)11-16/h3-6,8-9,11-12,14,20,29H,7,10,13H2,1-2H3,(H,25,26,27)/t14-,20+/m0/s1. The van der Waals surface area contributed by atoms with Crippen molar-refractivity contribution in [2.45, 2.75) is 25.4 Å². The summed E-state index contributed by atoms with van der Waals surface area (Å²) in [7, 11) is 1.65. The third kappa shape index (κ3) is 5.66. The average molecular weight is 447 g/mol. The average Bonchev–Trinajstić information content (AvgIpc) is 2.76. The van der Waals surface area contributed by atoms with Gasteiger partial charge in [0.25, 0.3) is 5.56 Å². The summed E-state index contributed by atoms with van der Waals surface area (Å²) in [5.41, 5.74) is 1.28. The zero-order chi connectivity index (χ0) is 22.4. The molecule has 1 aromatic carbocycles. The van der Waals surface area contributed by atoms with Crippen LogP contribution in [0.3, 0.4) is 0 Å². The normalized spacial score (nSPS) is 13.1. The maximum absolute atomic E-state index is 13.8. The van der Waals surface area contributed by atoms with Gasteiger partial charge in [-0.15, -0.1) is 0 Å². The second kappa shape index (κ2) is 10.5. The molecule has 3 aromatic rings. The number of aromatic nitrogens is 3. The van der Waals surface area contributed by atoms with E-state index in [1.165, 1.54) is 22.8 Å². The molecule has 0 radical (unpaired) electrons. The van der Waals surface area contributed by atoms with E-state index in [-0.39, 0.29) is 23.2 Å². The molecule has 2 N–H and O–H groups in total. The van der Waals surface area contributed by atoms with Crippen LogP contribution in [0.2, 0.25) is 5.02 Å². The van der Waals surface area contributed by atoms with Gasteiger partial charge in [0.05, 0.1) is 23.4 Å². The number of hydrogen-bond acceptors (Lipinski definition) is 6.